The second kappa shape index (κ2) is 35.9. The Morgan fingerprint density at radius 3 is 1.06 bits per heavy atom. The lowest BCUT2D eigenvalue weighted by Crippen LogP contribution is -2.49. The van der Waals surface area contributed by atoms with Crippen LogP contribution in [-0.2, 0) is 59.3 Å². The second-order valence-corrected chi connectivity index (χ2v) is 31.7. The van der Waals surface area contributed by atoms with Crippen LogP contribution in [0.15, 0.2) is 128 Å². The molecule has 2 bridgehead atoms. The van der Waals surface area contributed by atoms with Crippen molar-refractivity contribution >= 4 is 34.8 Å². The monoisotopic (exact) mass is 1730 g/mol. The number of nitrogens with one attached hydrogen (secondary N) is 3. The van der Waals surface area contributed by atoms with E-state index in [1.165, 1.54) is 21.3 Å². The Hall–Kier alpha value is -12.7. The Kier molecular flexibility index (Phi) is 25.4. The van der Waals surface area contributed by atoms with Crippen LogP contribution in [0.4, 0.5) is 56.6 Å². The second-order valence-electron chi connectivity index (χ2n) is 31.7. The summed E-state index contributed by atoms with van der Waals surface area (Å²) in [4.78, 5) is 48.4. The molecule has 10 heterocycles. The number of carbonyl (C=O) groups is 3. The molecule has 4 fully saturated rings. The number of alkyl halides is 9. The number of amides is 3. The van der Waals surface area contributed by atoms with E-state index in [4.69, 9.17) is 14.2 Å². The maximum absolute atomic E-state index is 14.0. The highest BCUT2D eigenvalue weighted by atomic mass is 19.4. The van der Waals surface area contributed by atoms with Crippen LogP contribution >= 0.6 is 0 Å². The SMILES string of the molecule is COc1c(CN2CC(O)C2)cc(C(F)(F)F)cc1NC(=O)c1ccc(C)c(-n2cc(-c3cnn(C)c3C)nn2)c1.COc1c(CN2CC3CC2CN3C)cc(C(F)(F)F)cc1NC(=O)c1ccc(C)c(-n2cc(-c3cnn(C)c3C)nn2)c1.COc1c(CN2CCC(O)CC2)cc(C(F)(F)F)cc1NC(=O)c1ccc(C)c(-n2cc(-c3cnn(C)c3C)nn2)c1. The van der Waals surface area contributed by atoms with E-state index < -0.39 is 65.1 Å². The standard InChI is InChI=1S/C30H33F3N8O2.C29H32F3N7O3.C27H28F3N7O3/c1-17-6-7-19(9-27(17)41-16-26(36-37-41)24-12-34-39(4)18(24)2)29(42)35-25-10-21(30(31,32)33)8-20(28(25)43-5)13-40-15-22-11-23(40)14-38(22)3;1-17-5-6-19(12-26(17)39-16-25(35-36-39)23-14-33-37(3)18(23)2)28(41)34-24-13-21(29(30,31)32)11-20(27(24)42-4)15-38-9-7-22(40)8-10-38;1-15-5-6-17(8-24(15)37-14-23(33-34-37)21-10-31-35(3)16(21)2)26(39)32-22-9-19(27(28,29)30)7-18(25(22)40-4)11-36-12-20(38)13-36/h6-10,12,16,22-23H,11,13-15H2,1-5H3,(H,35,42);5-6,11-14,16,22,40H,7-10,15H2,1-4H3,(H,34,41);5-10,14,20,38H,11-13H2,1-4H3,(H,32,39). The first-order chi connectivity index (χ1) is 59.3. The molecule has 12 aromatic rings. The van der Waals surface area contributed by atoms with Crippen LogP contribution in [0, 0.1) is 41.5 Å². The molecular weight excluding hydrogens is 1640 g/mol. The van der Waals surface area contributed by atoms with Crippen LogP contribution in [-0.4, -0.2) is 214 Å². The quantitative estimate of drug-likeness (QED) is 0.0417. The third kappa shape index (κ3) is 19.3. The largest absolute Gasteiger partial charge is 0.494 e. The number of likely N-dealkylation sites (N-methyl/N-ethyl adjacent to an activating group) is 1. The van der Waals surface area contributed by atoms with Crippen LogP contribution in [0.3, 0.4) is 0 Å². The van der Waals surface area contributed by atoms with Crippen LogP contribution in [0.5, 0.6) is 17.2 Å². The average molecular weight is 1730 g/mol. The van der Waals surface area contributed by atoms with Gasteiger partial charge in [-0.3, -0.25) is 43.1 Å². The number of β-amino-alcohol motifs (C(OH)–C–C–N with tert-alkyl or cyclic N) is 1. The van der Waals surface area contributed by atoms with E-state index in [2.05, 4.69) is 79.0 Å². The smallest absolute Gasteiger partial charge is 0.416 e. The number of rotatable bonds is 21. The van der Waals surface area contributed by atoms with E-state index in [0.29, 0.717) is 96.9 Å². The molecule has 4 aliphatic heterocycles. The molecular formula is C86H93F9N22O8. The minimum absolute atomic E-state index is 0.0315. The van der Waals surface area contributed by atoms with Crippen molar-refractivity contribution in [2.45, 2.75) is 123 Å². The maximum Gasteiger partial charge on any atom is 0.416 e. The number of piperazine rings is 1. The van der Waals surface area contributed by atoms with Gasteiger partial charge in [-0.1, -0.05) is 33.8 Å². The molecule has 2 atom stereocenters. The van der Waals surface area contributed by atoms with Crippen LogP contribution < -0.4 is 30.2 Å². The lowest BCUT2D eigenvalue weighted by molar-refractivity contribution is -0.138. The fraction of sp³-hybridized carbons (Fsp3) is 0.372. The van der Waals surface area contributed by atoms with Crippen LogP contribution in [0.1, 0.15) is 117 Å². The molecule has 4 aliphatic rings. The zero-order valence-corrected chi connectivity index (χ0v) is 70.7. The lowest BCUT2D eigenvalue weighted by Gasteiger charge is -2.36. The maximum atomic E-state index is 14.0. The van der Waals surface area contributed by atoms with Crippen molar-refractivity contribution in [3.63, 3.8) is 0 Å². The molecule has 0 spiro atoms. The van der Waals surface area contributed by atoms with Gasteiger partial charge in [-0.2, -0.15) is 54.8 Å². The molecule has 658 valence electrons. The van der Waals surface area contributed by atoms with Crippen molar-refractivity contribution in [2.75, 3.05) is 83.6 Å². The van der Waals surface area contributed by atoms with Crippen molar-refractivity contribution < 1.29 is 78.3 Å². The number of aryl methyl sites for hydroxylation is 6. The van der Waals surface area contributed by atoms with Gasteiger partial charge in [0.15, 0.2) is 0 Å². The Balaban J connectivity index is 0.000000152. The number of carbonyl (C=O) groups excluding carboxylic acids is 3. The van der Waals surface area contributed by atoms with Gasteiger partial charge in [0.25, 0.3) is 17.7 Å². The van der Waals surface area contributed by atoms with Gasteiger partial charge in [-0.25, -0.2) is 14.0 Å². The van der Waals surface area contributed by atoms with E-state index in [0.717, 1.165) is 106 Å². The summed E-state index contributed by atoms with van der Waals surface area (Å²) in [6.45, 7) is 15.4. The Morgan fingerprint density at radius 2 is 0.768 bits per heavy atom. The van der Waals surface area contributed by atoms with Crippen LogP contribution in [0.2, 0.25) is 0 Å². The molecule has 30 nitrogen and oxygen atoms in total. The molecule has 6 aromatic carbocycles. The molecule has 4 saturated heterocycles. The highest BCUT2D eigenvalue weighted by Gasteiger charge is 2.43. The summed E-state index contributed by atoms with van der Waals surface area (Å²) in [6, 6.07) is 21.4. The summed E-state index contributed by atoms with van der Waals surface area (Å²) in [6.07, 6.45) is -2.41. The summed E-state index contributed by atoms with van der Waals surface area (Å²) < 4.78 is 151. The summed E-state index contributed by atoms with van der Waals surface area (Å²) >= 11 is 0. The summed E-state index contributed by atoms with van der Waals surface area (Å²) in [5.41, 5.74) is 10.1. The normalized spacial score (nSPS) is 16.0. The number of aromatic nitrogens is 15. The lowest BCUT2D eigenvalue weighted by atomic mass is 10.0. The summed E-state index contributed by atoms with van der Waals surface area (Å²) in [7, 11) is 11.7. The molecule has 39 heteroatoms. The van der Waals surface area contributed by atoms with E-state index in [1.54, 1.807) is 125 Å². The molecule has 0 saturated carbocycles. The molecule has 16 rings (SSSR count). The van der Waals surface area contributed by atoms with Gasteiger partial charge in [0.2, 0.25) is 0 Å². The van der Waals surface area contributed by atoms with E-state index in [1.807, 2.05) is 67.6 Å². The van der Waals surface area contributed by atoms with E-state index in [9.17, 15) is 64.1 Å². The van der Waals surface area contributed by atoms with Crippen molar-refractivity contribution in [1.82, 2.24) is 93.9 Å². The number of anilines is 3. The Bertz CT molecular complexity index is 6010. The van der Waals surface area contributed by atoms with Gasteiger partial charge in [0.05, 0.1) is 122 Å². The molecule has 0 radical (unpaired) electrons. The number of halogens is 9. The molecule has 3 amide bonds. The Morgan fingerprint density at radius 1 is 0.432 bits per heavy atom. The first-order valence-electron chi connectivity index (χ1n) is 39.9. The van der Waals surface area contributed by atoms with Crippen molar-refractivity contribution in [3.05, 3.63) is 212 Å². The predicted molar refractivity (Wildman–Crippen MR) is 444 cm³/mol. The third-order valence-electron chi connectivity index (χ3n) is 23.3. The average Bonchev–Trinajstić information content (AvgIpc) is 1.76. The van der Waals surface area contributed by atoms with Crippen molar-refractivity contribution in [3.8, 4) is 68.1 Å². The van der Waals surface area contributed by atoms with Gasteiger partial charge in [-0.15, -0.1) is 15.3 Å². The zero-order valence-electron chi connectivity index (χ0n) is 70.7. The number of ether oxygens (including phenoxy) is 3. The Labute approximate surface area is 712 Å². The van der Waals surface area contributed by atoms with E-state index in [-0.39, 0.29) is 75.7 Å². The number of aliphatic hydroxyl groups excluding tert-OH is 2. The number of nitrogens with zero attached hydrogens (tertiary/aromatic N) is 19. The van der Waals surface area contributed by atoms with E-state index >= 15 is 0 Å². The van der Waals surface area contributed by atoms with Gasteiger partial charge in [0.1, 0.15) is 34.3 Å². The van der Waals surface area contributed by atoms with Crippen molar-refractivity contribution in [2.24, 2.45) is 21.1 Å². The molecule has 0 aliphatic carbocycles. The fourth-order valence-electron chi connectivity index (χ4n) is 15.8. The summed E-state index contributed by atoms with van der Waals surface area (Å²) in [5, 5.41) is 65.5. The molecule has 5 N–H and O–H groups in total. The molecule has 6 aromatic heterocycles. The van der Waals surface area contributed by atoms with Crippen LogP contribution in [0.25, 0.3) is 50.8 Å². The number of hydrogen-bond donors (Lipinski definition) is 5. The number of aliphatic hydroxyl groups is 2. The topological polar surface area (TPSA) is 314 Å². The minimum Gasteiger partial charge on any atom is -0.494 e. The highest BCUT2D eigenvalue weighted by molar-refractivity contribution is 6.07. The number of methoxy groups -OCH3 is 3. The molecule has 125 heavy (non-hydrogen) atoms. The highest BCUT2D eigenvalue weighted by Crippen LogP contribution is 2.44. The number of likely N-dealkylation sites (tertiary alicyclic amines) is 4. The van der Waals surface area contributed by atoms with Crippen molar-refractivity contribution in [1.29, 1.82) is 0 Å². The minimum atomic E-state index is -4.64. The first-order valence-corrected chi connectivity index (χ1v) is 39.9. The van der Waals surface area contributed by atoms with Gasteiger partial charge in [-0.05, 0) is 157 Å². The third-order valence-corrected chi connectivity index (χ3v) is 23.3. The first kappa shape index (κ1) is 88.6. The zero-order chi connectivity index (χ0) is 89.6. The van der Waals surface area contributed by atoms with Gasteiger partial charge >= 0.3 is 18.5 Å². The number of hydrogen-bond acceptors (Lipinski definition) is 21. The predicted octanol–water partition coefficient (Wildman–Crippen LogP) is 12.7. The van der Waals surface area contributed by atoms with Gasteiger partial charge in [0, 0.05) is 159 Å². The van der Waals surface area contributed by atoms with Gasteiger partial charge < -0.3 is 45.3 Å². The number of fused-ring (bicyclic) bond motifs is 2. The molecule has 2 unspecified atom stereocenters. The number of benzene rings is 6. The summed E-state index contributed by atoms with van der Waals surface area (Å²) in [5.74, 6) is -1.30. The number of piperidine rings is 1. The fourth-order valence-corrected chi connectivity index (χ4v) is 15.8.